The summed E-state index contributed by atoms with van der Waals surface area (Å²) in [5.74, 6) is -0.754. The van der Waals surface area contributed by atoms with E-state index in [1.807, 2.05) is 6.92 Å². The summed E-state index contributed by atoms with van der Waals surface area (Å²) in [6.07, 6.45) is 2.12. The third kappa shape index (κ3) is 3.46. The standard InChI is InChI=1S/C20H20N4O5/c1-12-4-5-13(11-14(12)21-16(25)15-3-2-10-29-15)17(26)24-8-6-20(7-9-24)18(27)22-19(28)23-20/h2-5,10-11H,6-9H2,1H3,(H,21,25)(H2,22,23,27,28). The molecular weight excluding hydrogens is 376 g/mol. The fraction of sp³-hybridized carbons (Fsp3) is 0.300. The van der Waals surface area contributed by atoms with Gasteiger partial charge in [0.2, 0.25) is 0 Å². The van der Waals surface area contributed by atoms with Crippen LogP contribution >= 0.6 is 0 Å². The topological polar surface area (TPSA) is 121 Å². The largest absolute Gasteiger partial charge is 0.459 e. The summed E-state index contributed by atoms with van der Waals surface area (Å²) >= 11 is 0. The van der Waals surface area contributed by atoms with Gasteiger partial charge in [-0.1, -0.05) is 6.07 Å². The van der Waals surface area contributed by atoms with Crippen LogP contribution in [0.1, 0.15) is 39.3 Å². The molecule has 0 unspecified atom stereocenters. The van der Waals surface area contributed by atoms with E-state index in [2.05, 4.69) is 16.0 Å². The van der Waals surface area contributed by atoms with Gasteiger partial charge in [-0.25, -0.2) is 4.79 Å². The van der Waals surface area contributed by atoms with Crippen molar-refractivity contribution in [3.63, 3.8) is 0 Å². The molecule has 0 bridgehead atoms. The van der Waals surface area contributed by atoms with Crippen molar-refractivity contribution in [1.82, 2.24) is 15.5 Å². The minimum Gasteiger partial charge on any atom is -0.459 e. The number of hydrogen-bond acceptors (Lipinski definition) is 5. The first-order valence-electron chi connectivity index (χ1n) is 9.26. The number of imide groups is 1. The highest BCUT2D eigenvalue weighted by Gasteiger charge is 2.48. The summed E-state index contributed by atoms with van der Waals surface area (Å²) in [6.45, 7) is 2.51. The van der Waals surface area contributed by atoms with Crippen molar-refractivity contribution in [1.29, 1.82) is 0 Å². The van der Waals surface area contributed by atoms with Crippen LogP contribution in [0.25, 0.3) is 0 Å². The Morgan fingerprint density at radius 1 is 1.17 bits per heavy atom. The number of piperidine rings is 1. The molecule has 3 heterocycles. The van der Waals surface area contributed by atoms with Crippen molar-refractivity contribution in [3.8, 4) is 0 Å². The van der Waals surface area contributed by atoms with Crippen molar-refractivity contribution in [2.45, 2.75) is 25.3 Å². The van der Waals surface area contributed by atoms with Crippen LogP contribution in [0, 0.1) is 6.92 Å². The lowest BCUT2D eigenvalue weighted by Crippen LogP contribution is -2.55. The number of urea groups is 1. The highest BCUT2D eigenvalue weighted by atomic mass is 16.3. The number of rotatable bonds is 3. The van der Waals surface area contributed by atoms with Gasteiger partial charge < -0.3 is 20.0 Å². The number of furan rings is 1. The molecule has 2 fully saturated rings. The molecule has 5 amide bonds. The molecule has 150 valence electrons. The fourth-order valence-electron chi connectivity index (χ4n) is 3.64. The average Bonchev–Trinajstić information content (AvgIpc) is 3.32. The van der Waals surface area contributed by atoms with E-state index in [0.29, 0.717) is 37.2 Å². The zero-order valence-corrected chi connectivity index (χ0v) is 15.8. The summed E-state index contributed by atoms with van der Waals surface area (Å²) in [5.41, 5.74) is 0.835. The first kappa shape index (κ1) is 18.7. The summed E-state index contributed by atoms with van der Waals surface area (Å²) in [5, 5.41) is 7.69. The molecule has 3 N–H and O–H groups in total. The molecule has 4 rings (SSSR count). The van der Waals surface area contributed by atoms with Crippen molar-refractivity contribution >= 4 is 29.4 Å². The van der Waals surface area contributed by atoms with Gasteiger partial charge in [0.1, 0.15) is 5.54 Å². The molecular formula is C20H20N4O5. The molecule has 0 radical (unpaired) electrons. The molecule has 9 nitrogen and oxygen atoms in total. The van der Waals surface area contributed by atoms with Crippen LogP contribution in [0.4, 0.5) is 10.5 Å². The summed E-state index contributed by atoms with van der Waals surface area (Å²) in [4.78, 5) is 50.3. The Morgan fingerprint density at radius 2 is 1.93 bits per heavy atom. The first-order valence-corrected chi connectivity index (χ1v) is 9.26. The zero-order chi connectivity index (χ0) is 20.6. The molecule has 1 aromatic heterocycles. The van der Waals surface area contributed by atoms with E-state index in [4.69, 9.17) is 4.42 Å². The normalized spacial score (nSPS) is 17.8. The number of carbonyl (C=O) groups is 4. The van der Waals surface area contributed by atoms with E-state index in [1.54, 1.807) is 35.2 Å². The predicted molar refractivity (Wildman–Crippen MR) is 102 cm³/mol. The maximum atomic E-state index is 12.9. The molecule has 2 aromatic rings. The molecule has 1 spiro atoms. The van der Waals surface area contributed by atoms with Crippen molar-refractivity contribution in [2.24, 2.45) is 0 Å². The average molecular weight is 396 g/mol. The molecule has 0 aliphatic carbocycles. The van der Waals surface area contributed by atoms with Gasteiger partial charge in [-0.15, -0.1) is 0 Å². The fourth-order valence-corrected chi connectivity index (χ4v) is 3.64. The van der Waals surface area contributed by atoms with E-state index >= 15 is 0 Å². The van der Waals surface area contributed by atoms with Gasteiger partial charge in [0, 0.05) is 24.3 Å². The van der Waals surface area contributed by atoms with E-state index < -0.39 is 17.5 Å². The number of benzene rings is 1. The number of hydrogen-bond donors (Lipinski definition) is 3. The van der Waals surface area contributed by atoms with Gasteiger partial charge in [-0.3, -0.25) is 19.7 Å². The maximum absolute atomic E-state index is 12.9. The number of aryl methyl sites for hydroxylation is 1. The molecule has 2 aliphatic rings. The number of nitrogens with one attached hydrogen (secondary N) is 3. The Balaban J connectivity index is 1.46. The van der Waals surface area contributed by atoms with Crippen LogP contribution < -0.4 is 16.0 Å². The van der Waals surface area contributed by atoms with Crippen LogP contribution in [-0.2, 0) is 4.79 Å². The van der Waals surface area contributed by atoms with Gasteiger partial charge in [0.05, 0.1) is 6.26 Å². The molecule has 2 aliphatic heterocycles. The smallest absolute Gasteiger partial charge is 0.322 e. The van der Waals surface area contributed by atoms with Crippen LogP contribution in [0.3, 0.4) is 0 Å². The van der Waals surface area contributed by atoms with Crippen LogP contribution in [-0.4, -0.2) is 47.3 Å². The SMILES string of the molecule is Cc1ccc(C(=O)N2CCC3(CC2)NC(=O)NC3=O)cc1NC(=O)c1ccco1. The minimum atomic E-state index is -0.927. The Morgan fingerprint density at radius 3 is 2.55 bits per heavy atom. The Hall–Kier alpha value is -3.62. The first-order chi connectivity index (χ1) is 13.9. The summed E-state index contributed by atoms with van der Waals surface area (Å²) < 4.78 is 5.09. The molecule has 0 saturated carbocycles. The molecule has 9 heteroatoms. The van der Waals surface area contributed by atoms with E-state index in [9.17, 15) is 19.2 Å². The second-order valence-electron chi connectivity index (χ2n) is 7.24. The monoisotopic (exact) mass is 396 g/mol. The van der Waals surface area contributed by atoms with E-state index in [1.165, 1.54) is 6.26 Å². The number of likely N-dealkylation sites (tertiary alicyclic amines) is 1. The Bertz CT molecular complexity index is 990. The quantitative estimate of drug-likeness (QED) is 0.682. The van der Waals surface area contributed by atoms with Gasteiger partial charge >= 0.3 is 6.03 Å². The molecule has 1 aromatic carbocycles. The lowest BCUT2D eigenvalue weighted by molar-refractivity contribution is -0.125. The Labute approximate surface area is 166 Å². The van der Waals surface area contributed by atoms with Gasteiger partial charge in [-0.05, 0) is 49.6 Å². The van der Waals surface area contributed by atoms with Gasteiger partial charge in [0.15, 0.2) is 5.76 Å². The van der Waals surface area contributed by atoms with Crippen molar-refractivity contribution < 1.29 is 23.6 Å². The van der Waals surface area contributed by atoms with Gasteiger partial charge in [-0.2, -0.15) is 0 Å². The minimum absolute atomic E-state index is 0.180. The van der Waals surface area contributed by atoms with E-state index in [0.717, 1.165) is 5.56 Å². The number of nitrogens with zero attached hydrogens (tertiary/aromatic N) is 1. The van der Waals surface area contributed by atoms with Crippen molar-refractivity contribution in [2.75, 3.05) is 18.4 Å². The van der Waals surface area contributed by atoms with Crippen molar-refractivity contribution in [3.05, 3.63) is 53.5 Å². The third-order valence-corrected chi connectivity index (χ3v) is 5.40. The lowest BCUT2D eigenvalue weighted by atomic mass is 9.87. The second-order valence-corrected chi connectivity index (χ2v) is 7.24. The number of amides is 5. The summed E-state index contributed by atoms with van der Waals surface area (Å²) in [7, 11) is 0. The van der Waals surface area contributed by atoms with Crippen LogP contribution in [0.15, 0.2) is 41.0 Å². The predicted octanol–water partition coefficient (Wildman–Crippen LogP) is 1.65. The Kier molecular flexibility index (Phi) is 4.57. The molecule has 0 atom stereocenters. The molecule has 2 saturated heterocycles. The number of anilines is 1. The van der Waals surface area contributed by atoms with E-state index in [-0.39, 0.29) is 17.6 Å². The zero-order valence-electron chi connectivity index (χ0n) is 15.8. The maximum Gasteiger partial charge on any atom is 0.322 e. The third-order valence-electron chi connectivity index (χ3n) is 5.40. The highest BCUT2D eigenvalue weighted by Crippen LogP contribution is 2.27. The second kappa shape index (κ2) is 7.08. The molecule has 29 heavy (non-hydrogen) atoms. The van der Waals surface area contributed by atoms with Gasteiger partial charge in [0.25, 0.3) is 17.7 Å². The summed E-state index contributed by atoms with van der Waals surface area (Å²) in [6, 6.07) is 7.78. The lowest BCUT2D eigenvalue weighted by Gasteiger charge is -2.37. The highest BCUT2D eigenvalue weighted by molar-refractivity contribution is 6.07. The van der Waals surface area contributed by atoms with Crippen LogP contribution in [0.5, 0.6) is 0 Å². The number of carbonyl (C=O) groups excluding carboxylic acids is 4. The van der Waals surface area contributed by atoms with Crippen LogP contribution in [0.2, 0.25) is 0 Å².